The Morgan fingerprint density at radius 3 is 2.32 bits per heavy atom. The Hall–Kier alpha value is -2.79. The van der Waals surface area contributed by atoms with Gasteiger partial charge in [-0.05, 0) is 68.5 Å². The maximum absolute atomic E-state index is 11.9. The van der Waals surface area contributed by atoms with Crippen molar-refractivity contribution in [3.63, 3.8) is 0 Å². The molecule has 1 aromatic heterocycles. The molecular formula is C32H41N3O2. The van der Waals surface area contributed by atoms with E-state index in [9.17, 15) is 9.90 Å². The lowest BCUT2D eigenvalue weighted by Crippen LogP contribution is -2.37. The Kier molecular flexibility index (Phi) is 7.23. The minimum Gasteiger partial charge on any atom is -0.478 e. The smallest absolute Gasteiger partial charge is 0.335 e. The van der Waals surface area contributed by atoms with Crippen LogP contribution in [0.15, 0.2) is 42.5 Å². The standard InChI is InChI=1S/C32H41N3O2/c36-32(37)25-15-16-26-29(23-25)35-22-21-34(20-19-33-17-9-2-1-3-10-18-33)28-14-8-7-13-27(28)31(35)30(26)24-11-5-4-6-12-24/h7-8,13-16,23-24H,1-6,9-12,17-22H2,(H,36,37). The number of aromatic nitrogens is 1. The largest absolute Gasteiger partial charge is 0.478 e. The van der Waals surface area contributed by atoms with Gasteiger partial charge in [0.25, 0.3) is 0 Å². The fraction of sp³-hybridized carbons (Fsp3) is 0.531. The van der Waals surface area contributed by atoms with Crippen LogP contribution in [0.5, 0.6) is 0 Å². The van der Waals surface area contributed by atoms with Gasteiger partial charge in [-0.25, -0.2) is 4.79 Å². The number of nitrogens with zero attached hydrogens (tertiary/aromatic N) is 3. The molecule has 1 saturated carbocycles. The molecule has 2 aromatic carbocycles. The number of anilines is 1. The highest BCUT2D eigenvalue weighted by atomic mass is 16.4. The van der Waals surface area contributed by atoms with Gasteiger partial charge in [-0.1, -0.05) is 62.8 Å². The summed E-state index contributed by atoms with van der Waals surface area (Å²) < 4.78 is 2.46. The Bertz CT molecular complexity index is 1250. The monoisotopic (exact) mass is 499 g/mol. The molecule has 0 bridgehead atoms. The van der Waals surface area contributed by atoms with Crippen LogP contribution in [0.3, 0.4) is 0 Å². The predicted molar refractivity (Wildman–Crippen MR) is 152 cm³/mol. The van der Waals surface area contributed by atoms with Crippen molar-refractivity contribution in [3.8, 4) is 11.3 Å². The van der Waals surface area contributed by atoms with E-state index >= 15 is 0 Å². The average Bonchev–Trinajstić information content (AvgIpc) is 3.14. The van der Waals surface area contributed by atoms with E-state index in [-0.39, 0.29) is 0 Å². The van der Waals surface area contributed by atoms with Gasteiger partial charge in [0.2, 0.25) is 0 Å². The van der Waals surface area contributed by atoms with Gasteiger partial charge in [0, 0.05) is 48.3 Å². The van der Waals surface area contributed by atoms with Crippen LogP contribution in [0.1, 0.15) is 86.0 Å². The number of fused-ring (bicyclic) bond motifs is 5. The molecule has 5 heteroatoms. The van der Waals surface area contributed by atoms with E-state index in [1.165, 1.54) is 105 Å². The summed E-state index contributed by atoms with van der Waals surface area (Å²) in [6.07, 6.45) is 13.1. The Labute approximate surface area is 221 Å². The summed E-state index contributed by atoms with van der Waals surface area (Å²) in [5, 5.41) is 11.0. The number of hydrogen-bond donors (Lipinski definition) is 1. The minimum absolute atomic E-state index is 0.384. The zero-order chi connectivity index (χ0) is 25.2. The first-order valence-electron chi connectivity index (χ1n) is 14.7. The number of rotatable bonds is 5. The molecule has 3 heterocycles. The zero-order valence-corrected chi connectivity index (χ0v) is 22.1. The van der Waals surface area contributed by atoms with Crippen LogP contribution >= 0.6 is 0 Å². The average molecular weight is 500 g/mol. The molecule has 0 spiro atoms. The number of likely N-dealkylation sites (tertiary alicyclic amines) is 1. The molecule has 2 aliphatic heterocycles. The lowest BCUT2D eigenvalue weighted by atomic mass is 9.81. The van der Waals surface area contributed by atoms with Crippen molar-refractivity contribution in [2.24, 2.45) is 0 Å². The van der Waals surface area contributed by atoms with E-state index in [2.05, 4.69) is 44.7 Å². The highest BCUT2D eigenvalue weighted by molar-refractivity contribution is 5.99. The maximum atomic E-state index is 11.9. The Morgan fingerprint density at radius 1 is 0.811 bits per heavy atom. The highest BCUT2D eigenvalue weighted by Gasteiger charge is 2.30. The highest BCUT2D eigenvalue weighted by Crippen LogP contribution is 2.47. The molecule has 1 N–H and O–H groups in total. The third-order valence-electron chi connectivity index (χ3n) is 9.09. The molecule has 1 saturated heterocycles. The van der Waals surface area contributed by atoms with Crippen LogP contribution in [0.4, 0.5) is 5.69 Å². The quantitative estimate of drug-likeness (QED) is 0.405. The van der Waals surface area contributed by atoms with Crippen LogP contribution in [-0.4, -0.2) is 53.3 Å². The van der Waals surface area contributed by atoms with E-state index in [1.807, 2.05) is 6.07 Å². The summed E-state index contributed by atoms with van der Waals surface area (Å²) in [6.45, 7) is 6.44. The van der Waals surface area contributed by atoms with Gasteiger partial charge in [0.05, 0.1) is 11.3 Å². The van der Waals surface area contributed by atoms with Crippen molar-refractivity contribution in [1.29, 1.82) is 0 Å². The maximum Gasteiger partial charge on any atom is 0.335 e. The van der Waals surface area contributed by atoms with Gasteiger partial charge in [-0.15, -0.1) is 0 Å². The second-order valence-corrected chi connectivity index (χ2v) is 11.4. The van der Waals surface area contributed by atoms with Gasteiger partial charge in [0.1, 0.15) is 0 Å². The number of carboxylic acid groups (broad SMARTS) is 1. The van der Waals surface area contributed by atoms with E-state index in [0.717, 1.165) is 31.7 Å². The van der Waals surface area contributed by atoms with Gasteiger partial charge in [-0.3, -0.25) is 0 Å². The van der Waals surface area contributed by atoms with Crippen molar-refractivity contribution < 1.29 is 9.90 Å². The molecular weight excluding hydrogens is 458 g/mol. The Morgan fingerprint density at radius 2 is 1.54 bits per heavy atom. The molecule has 5 nitrogen and oxygen atoms in total. The molecule has 3 aliphatic rings. The lowest BCUT2D eigenvalue weighted by molar-refractivity contribution is 0.0697. The number of carbonyl (C=O) groups is 1. The molecule has 0 atom stereocenters. The van der Waals surface area contributed by atoms with Crippen LogP contribution < -0.4 is 4.90 Å². The van der Waals surface area contributed by atoms with Crippen LogP contribution in [0.25, 0.3) is 22.2 Å². The number of benzene rings is 2. The van der Waals surface area contributed by atoms with Crippen molar-refractivity contribution >= 4 is 22.6 Å². The van der Waals surface area contributed by atoms with E-state index in [0.29, 0.717) is 11.5 Å². The van der Waals surface area contributed by atoms with Crippen LogP contribution in [-0.2, 0) is 6.54 Å². The molecule has 0 radical (unpaired) electrons. The van der Waals surface area contributed by atoms with E-state index in [4.69, 9.17) is 0 Å². The molecule has 0 amide bonds. The number of carboxylic acids is 1. The molecule has 196 valence electrons. The first-order chi connectivity index (χ1) is 18.2. The fourth-order valence-corrected chi connectivity index (χ4v) is 7.16. The molecule has 1 aliphatic carbocycles. The zero-order valence-electron chi connectivity index (χ0n) is 22.1. The van der Waals surface area contributed by atoms with E-state index in [1.54, 1.807) is 6.07 Å². The van der Waals surface area contributed by atoms with Crippen molar-refractivity contribution in [1.82, 2.24) is 9.47 Å². The molecule has 37 heavy (non-hydrogen) atoms. The molecule has 3 aromatic rings. The third kappa shape index (κ3) is 4.90. The SMILES string of the molecule is O=C(O)c1ccc2c(C3CCCCC3)c3n(c2c1)CCN(CCN1CCCCCCC1)c1ccccc1-3. The number of para-hydroxylation sites is 1. The first-order valence-corrected chi connectivity index (χ1v) is 14.7. The van der Waals surface area contributed by atoms with Crippen molar-refractivity contribution in [2.75, 3.05) is 37.6 Å². The first kappa shape index (κ1) is 24.5. The van der Waals surface area contributed by atoms with Gasteiger partial charge in [0.15, 0.2) is 0 Å². The second kappa shape index (κ2) is 10.9. The second-order valence-electron chi connectivity index (χ2n) is 11.4. The summed E-state index contributed by atoms with van der Waals surface area (Å²) in [4.78, 5) is 17.2. The van der Waals surface area contributed by atoms with Crippen molar-refractivity contribution in [3.05, 3.63) is 53.6 Å². The summed E-state index contributed by atoms with van der Waals surface area (Å²) in [5.74, 6) is -0.301. The van der Waals surface area contributed by atoms with Crippen molar-refractivity contribution in [2.45, 2.75) is 76.7 Å². The normalized spacial score (nSPS) is 19.6. The molecule has 0 unspecified atom stereocenters. The third-order valence-corrected chi connectivity index (χ3v) is 9.09. The van der Waals surface area contributed by atoms with Gasteiger partial charge < -0.3 is 19.5 Å². The predicted octanol–water partition coefficient (Wildman–Crippen LogP) is 7.14. The topological polar surface area (TPSA) is 48.7 Å². The van der Waals surface area contributed by atoms with Gasteiger partial charge >= 0.3 is 5.97 Å². The number of hydrogen-bond acceptors (Lipinski definition) is 3. The molecule has 2 fully saturated rings. The van der Waals surface area contributed by atoms with E-state index < -0.39 is 5.97 Å². The fourth-order valence-electron chi connectivity index (χ4n) is 7.16. The summed E-state index contributed by atoms with van der Waals surface area (Å²) in [5.41, 5.74) is 6.94. The Balaban J connectivity index is 1.41. The number of aromatic carboxylic acids is 1. The van der Waals surface area contributed by atoms with Crippen LogP contribution in [0.2, 0.25) is 0 Å². The minimum atomic E-state index is -0.847. The lowest BCUT2D eigenvalue weighted by Gasteiger charge is -2.30. The van der Waals surface area contributed by atoms with Crippen LogP contribution in [0, 0.1) is 0 Å². The molecule has 6 rings (SSSR count). The van der Waals surface area contributed by atoms with Gasteiger partial charge in [-0.2, -0.15) is 0 Å². The summed E-state index contributed by atoms with van der Waals surface area (Å²) in [6, 6.07) is 14.8. The summed E-state index contributed by atoms with van der Waals surface area (Å²) >= 11 is 0. The summed E-state index contributed by atoms with van der Waals surface area (Å²) in [7, 11) is 0.